The van der Waals surface area contributed by atoms with Crippen molar-refractivity contribution in [2.45, 2.75) is 121 Å². The molecule has 1 fully saturated rings. The molecule has 322 valence electrons. The average Bonchev–Trinajstić information content (AvgIpc) is 3.74. The number of nitrogens with one attached hydrogen (secondary N) is 2. The van der Waals surface area contributed by atoms with E-state index in [1.54, 1.807) is 20.8 Å². The molecule has 18 nitrogen and oxygen atoms in total. The zero-order chi connectivity index (χ0) is 44.1. The Morgan fingerprint density at radius 3 is 2.19 bits per heavy atom. The van der Waals surface area contributed by atoms with Crippen LogP contribution in [-0.2, 0) is 56.9 Å². The standard InChI is InChI=1S/C35H49ClF3N9O9S/c1-33(2,3)25-17-46(45-44-25)16-23(30(52)43-29(34(4,5)6)31(53)47-13-7-8-19(47)14-27(41)50)42-28(51)18-48(24(32(54)55)11-12-26(40)49)58(56,57)20-9-10-22(36)21(15-20)35(37,38)39/h9-10,15,17,19,23-24,29H,7-8,11-14,16,18H2,1-6H3,(H2,40,49)(H2,41,50)(H,42,51)(H,43,52)(H,54,55)/t19-,23-,24-,29+/m0/s1. The number of carboxylic acid groups (broad SMARTS) is 1. The predicted molar refractivity (Wildman–Crippen MR) is 201 cm³/mol. The van der Waals surface area contributed by atoms with Gasteiger partial charge in [0.15, 0.2) is 0 Å². The van der Waals surface area contributed by atoms with Crippen molar-refractivity contribution in [2.75, 3.05) is 13.1 Å². The Labute approximate surface area is 338 Å². The number of amides is 5. The van der Waals surface area contributed by atoms with Crippen LogP contribution in [0.2, 0.25) is 5.02 Å². The van der Waals surface area contributed by atoms with E-state index < -0.39 is 128 Å². The van der Waals surface area contributed by atoms with Crippen molar-refractivity contribution in [1.82, 2.24) is 34.8 Å². The van der Waals surface area contributed by atoms with E-state index in [4.69, 9.17) is 23.1 Å². The van der Waals surface area contributed by atoms with E-state index in [9.17, 15) is 55.5 Å². The highest BCUT2D eigenvalue weighted by Crippen LogP contribution is 2.37. The van der Waals surface area contributed by atoms with Crippen molar-refractivity contribution in [3.05, 3.63) is 40.7 Å². The normalized spacial score (nSPS) is 16.7. The Morgan fingerprint density at radius 2 is 1.67 bits per heavy atom. The maximum absolute atomic E-state index is 14.2. The van der Waals surface area contributed by atoms with Crippen LogP contribution in [0.25, 0.3) is 0 Å². The molecule has 58 heavy (non-hydrogen) atoms. The number of alkyl halides is 3. The number of sulfonamides is 1. The first-order valence-electron chi connectivity index (χ1n) is 18.0. The van der Waals surface area contributed by atoms with Gasteiger partial charge in [-0.1, -0.05) is 58.4 Å². The molecule has 1 aromatic carbocycles. The van der Waals surface area contributed by atoms with Gasteiger partial charge in [0.1, 0.15) is 18.1 Å². The van der Waals surface area contributed by atoms with E-state index >= 15 is 0 Å². The third kappa shape index (κ3) is 12.3. The average molecular weight is 864 g/mol. The number of carbonyl (C=O) groups excluding carboxylic acids is 5. The number of aromatic nitrogens is 3. The minimum Gasteiger partial charge on any atom is -0.480 e. The van der Waals surface area contributed by atoms with Gasteiger partial charge in [-0.3, -0.25) is 28.8 Å². The Morgan fingerprint density at radius 1 is 1.03 bits per heavy atom. The molecule has 1 aliphatic heterocycles. The summed E-state index contributed by atoms with van der Waals surface area (Å²) in [6.45, 7) is 8.93. The summed E-state index contributed by atoms with van der Waals surface area (Å²) >= 11 is 5.69. The van der Waals surface area contributed by atoms with E-state index in [2.05, 4.69) is 20.9 Å². The van der Waals surface area contributed by atoms with E-state index in [0.29, 0.717) is 30.7 Å². The van der Waals surface area contributed by atoms with Crippen LogP contribution in [0.15, 0.2) is 29.3 Å². The lowest BCUT2D eigenvalue weighted by Crippen LogP contribution is -2.60. The number of carboxylic acids is 1. The molecule has 0 bridgehead atoms. The van der Waals surface area contributed by atoms with Crippen molar-refractivity contribution in [3.8, 4) is 0 Å². The second-order valence-corrected chi connectivity index (χ2v) is 18.3. The van der Waals surface area contributed by atoms with Crippen LogP contribution >= 0.6 is 11.6 Å². The van der Waals surface area contributed by atoms with Gasteiger partial charge in [-0.15, -0.1) is 5.10 Å². The second kappa shape index (κ2) is 18.4. The fourth-order valence-electron chi connectivity index (χ4n) is 6.17. The summed E-state index contributed by atoms with van der Waals surface area (Å²) in [7, 11) is -5.32. The van der Waals surface area contributed by atoms with Crippen LogP contribution in [0.3, 0.4) is 0 Å². The van der Waals surface area contributed by atoms with Crippen molar-refractivity contribution in [1.29, 1.82) is 0 Å². The number of likely N-dealkylation sites (tertiary alicyclic amines) is 1. The van der Waals surface area contributed by atoms with Gasteiger partial charge in [0.25, 0.3) is 0 Å². The van der Waals surface area contributed by atoms with Gasteiger partial charge in [0.2, 0.25) is 39.6 Å². The molecule has 1 saturated heterocycles. The summed E-state index contributed by atoms with van der Waals surface area (Å²) in [5.41, 5.74) is 8.03. The van der Waals surface area contributed by atoms with Gasteiger partial charge in [-0.05, 0) is 42.9 Å². The van der Waals surface area contributed by atoms with Gasteiger partial charge < -0.3 is 32.1 Å². The zero-order valence-corrected chi connectivity index (χ0v) is 34.4. The lowest BCUT2D eigenvalue weighted by Gasteiger charge is -2.36. The van der Waals surface area contributed by atoms with E-state index in [-0.39, 0.29) is 23.3 Å². The highest BCUT2D eigenvalue weighted by molar-refractivity contribution is 7.89. The monoisotopic (exact) mass is 863 g/mol. The fourth-order valence-corrected chi connectivity index (χ4v) is 7.99. The lowest BCUT2D eigenvalue weighted by molar-refractivity contribution is -0.142. The topological polar surface area (TPSA) is 270 Å². The third-order valence-electron chi connectivity index (χ3n) is 9.27. The highest BCUT2D eigenvalue weighted by atomic mass is 35.5. The van der Waals surface area contributed by atoms with Crippen LogP contribution in [0.1, 0.15) is 84.9 Å². The Hall–Kier alpha value is -4.83. The predicted octanol–water partition coefficient (Wildman–Crippen LogP) is 1.54. The number of hydrogen-bond donors (Lipinski definition) is 5. The fraction of sp³-hybridized carbons (Fsp3) is 0.600. The first kappa shape index (κ1) is 47.5. The van der Waals surface area contributed by atoms with Gasteiger partial charge in [-0.2, -0.15) is 17.5 Å². The molecule has 4 atom stereocenters. The first-order chi connectivity index (χ1) is 26.5. The molecular weight excluding hydrogens is 815 g/mol. The van der Waals surface area contributed by atoms with Crippen LogP contribution in [-0.4, -0.2) is 110 Å². The maximum Gasteiger partial charge on any atom is 0.417 e. The van der Waals surface area contributed by atoms with E-state index in [1.807, 2.05) is 20.8 Å². The molecule has 0 unspecified atom stereocenters. The second-order valence-electron chi connectivity index (χ2n) is 16.1. The van der Waals surface area contributed by atoms with Crippen LogP contribution in [0.5, 0.6) is 0 Å². The molecule has 0 aliphatic carbocycles. The van der Waals surface area contributed by atoms with Gasteiger partial charge >= 0.3 is 12.1 Å². The number of aliphatic carboxylic acids is 1. The Balaban J connectivity index is 2.08. The van der Waals surface area contributed by atoms with Crippen molar-refractivity contribution < 1.29 is 55.5 Å². The van der Waals surface area contributed by atoms with Crippen LogP contribution in [0, 0.1) is 5.41 Å². The molecule has 23 heteroatoms. The minimum absolute atomic E-state index is 0.0763. The molecule has 3 rings (SSSR count). The molecular formula is C35H49ClF3N9O9S. The van der Waals surface area contributed by atoms with Crippen LogP contribution in [0.4, 0.5) is 13.2 Å². The van der Waals surface area contributed by atoms with E-state index in [0.717, 1.165) is 0 Å². The molecule has 1 aliphatic rings. The number of rotatable bonds is 17. The number of halogens is 4. The number of nitrogens with two attached hydrogens (primary N) is 2. The zero-order valence-electron chi connectivity index (χ0n) is 32.8. The van der Waals surface area contributed by atoms with Crippen LogP contribution < -0.4 is 22.1 Å². The summed E-state index contributed by atoms with van der Waals surface area (Å²) < 4.78 is 70.6. The number of nitrogens with zero attached hydrogens (tertiary/aromatic N) is 5. The number of hydrogen-bond acceptors (Lipinski definition) is 10. The molecule has 2 heterocycles. The van der Waals surface area contributed by atoms with Crippen molar-refractivity contribution in [2.24, 2.45) is 16.9 Å². The molecule has 2 aromatic rings. The minimum atomic E-state index is -5.32. The van der Waals surface area contributed by atoms with Gasteiger partial charge in [0.05, 0.1) is 34.3 Å². The van der Waals surface area contributed by atoms with E-state index in [1.165, 1.54) is 15.8 Å². The Bertz CT molecular complexity index is 2000. The highest BCUT2D eigenvalue weighted by Gasteiger charge is 2.43. The molecule has 0 spiro atoms. The quantitative estimate of drug-likeness (QED) is 0.152. The summed E-state index contributed by atoms with van der Waals surface area (Å²) in [5.74, 6) is -6.37. The smallest absolute Gasteiger partial charge is 0.417 e. The number of carbonyl (C=O) groups is 6. The Kier molecular flexibility index (Phi) is 15.1. The molecule has 5 amide bonds. The summed E-state index contributed by atoms with van der Waals surface area (Å²) in [6.07, 6.45) is -4.20. The number of benzene rings is 1. The third-order valence-corrected chi connectivity index (χ3v) is 11.5. The maximum atomic E-state index is 14.2. The molecule has 1 aromatic heterocycles. The van der Waals surface area contributed by atoms with Gasteiger partial charge in [0, 0.05) is 37.0 Å². The van der Waals surface area contributed by atoms with Crippen molar-refractivity contribution >= 4 is 57.1 Å². The first-order valence-corrected chi connectivity index (χ1v) is 19.8. The number of primary amides is 2. The summed E-state index contributed by atoms with van der Waals surface area (Å²) in [4.78, 5) is 78.3. The largest absolute Gasteiger partial charge is 0.480 e. The molecule has 0 radical (unpaired) electrons. The molecule has 7 N–H and O–H groups in total. The summed E-state index contributed by atoms with van der Waals surface area (Å²) in [6, 6.07) is -4.18. The summed E-state index contributed by atoms with van der Waals surface area (Å²) in [5, 5.41) is 22.4. The lowest BCUT2D eigenvalue weighted by atomic mass is 9.85. The van der Waals surface area contributed by atoms with Crippen molar-refractivity contribution in [3.63, 3.8) is 0 Å². The van der Waals surface area contributed by atoms with Gasteiger partial charge in [-0.25, -0.2) is 13.1 Å². The SMILES string of the molecule is CC(C)(C)c1cn(C[C@H](NC(=O)CN([C@@H](CCC(N)=O)C(=O)O)S(=O)(=O)c2ccc(Cl)c(C(F)(F)F)c2)C(=O)N[C@H](C(=O)N2CCC[C@H]2CC(N)=O)C(C)(C)C)nn1. The molecule has 0 saturated carbocycles.